The molecule has 2 saturated heterocycles. The van der Waals surface area contributed by atoms with Crippen LogP contribution in [0.2, 0.25) is 0 Å². The lowest BCUT2D eigenvalue weighted by atomic mass is 10.0. The molecule has 3 aromatic rings. The Kier molecular flexibility index (Phi) is 4.22. The standard InChI is InChI=1S/C20H21N3O3S/c24-18(22-8-6-20(7-9-22)25-10-11-26-20)12-16-14-27-19-21-17(13-23(16)19)15-4-2-1-3-5-15/h1-5,13-14H,6-12H2. The number of likely N-dealkylation sites (tertiary alicyclic amines) is 1. The Bertz CT molecular complexity index is 949. The average Bonchev–Trinajstić information content (AvgIpc) is 3.41. The predicted molar refractivity (Wildman–Crippen MR) is 103 cm³/mol. The summed E-state index contributed by atoms with van der Waals surface area (Å²) >= 11 is 1.57. The smallest absolute Gasteiger partial charge is 0.228 e. The van der Waals surface area contributed by atoms with Crippen LogP contribution < -0.4 is 0 Å². The molecule has 27 heavy (non-hydrogen) atoms. The number of piperidine rings is 1. The van der Waals surface area contributed by atoms with Crippen molar-refractivity contribution in [1.29, 1.82) is 0 Å². The van der Waals surface area contributed by atoms with Gasteiger partial charge in [-0.2, -0.15) is 0 Å². The van der Waals surface area contributed by atoms with Crippen molar-refractivity contribution < 1.29 is 14.3 Å². The van der Waals surface area contributed by atoms with E-state index in [0.29, 0.717) is 32.7 Å². The molecule has 2 fully saturated rings. The topological polar surface area (TPSA) is 56.1 Å². The maximum absolute atomic E-state index is 12.8. The first kappa shape index (κ1) is 16.9. The van der Waals surface area contributed by atoms with E-state index in [2.05, 4.69) is 0 Å². The Morgan fingerprint density at radius 2 is 1.89 bits per heavy atom. The minimum Gasteiger partial charge on any atom is -0.347 e. The van der Waals surface area contributed by atoms with E-state index in [0.717, 1.165) is 34.8 Å². The van der Waals surface area contributed by atoms with Gasteiger partial charge in [0.25, 0.3) is 0 Å². The van der Waals surface area contributed by atoms with Gasteiger partial charge in [0.2, 0.25) is 5.91 Å². The molecule has 1 spiro atoms. The van der Waals surface area contributed by atoms with Gasteiger partial charge in [0.1, 0.15) is 0 Å². The molecule has 0 radical (unpaired) electrons. The highest BCUT2D eigenvalue weighted by molar-refractivity contribution is 7.15. The molecule has 2 aliphatic rings. The van der Waals surface area contributed by atoms with Crippen LogP contribution in [0.15, 0.2) is 41.9 Å². The van der Waals surface area contributed by atoms with E-state index in [1.807, 2.05) is 51.2 Å². The zero-order valence-corrected chi connectivity index (χ0v) is 15.8. The first-order chi connectivity index (χ1) is 13.2. The van der Waals surface area contributed by atoms with E-state index in [4.69, 9.17) is 14.5 Å². The number of aromatic nitrogens is 2. The highest BCUT2D eigenvalue weighted by atomic mass is 32.1. The maximum Gasteiger partial charge on any atom is 0.228 e. The summed E-state index contributed by atoms with van der Waals surface area (Å²) in [6.45, 7) is 2.69. The second-order valence-electron chi connectivity index (χ2n) is 7.04. The lowest BCUT2D eigenvalue weighted by Crippen LogP contribution is -2.47. The van der Waals surface area contributed by atoms with E-state index in [9.17, 15) is 4.79 Å². The largest absolute Gasteiger partial charge is 0.347 e. The van der Waals surface area contributed by atoms with E-state index < -0.39 is 5.79 Å². The van der Waals surface area contributed by atoms with E-state index in [1.165, 1.54) is 0 Å². The van der Waals surface area contributed by atoms with Crippen molar-refractivity contribution in [3.63, 3.8) is 0 Å². The molecule has 4 heterocycles. The van der Waals surface area contributed by atoms with E-state index in [-0.39, 0.29) is 5.91 Å². The van der Waals surface area contributed by atoms with Gasteiger partial charge in [0.05, 0.1) is 25.3 Å². The number of rotatable bonds is 3. The molecule has 2 aliphatic heterocycles. The summed E-state index contributed by atoms with van der Waals surface area (Å²) < 4.78 is 13.5. The van der Waals surface area contributed by atoms with Gasteiger partial charge >= 0.3 is 0 Å². The van der Waals surface area contributed by atoms with Gasteiger partial charge in [0, 0.05) is 48.8 Å². The molecule has 140 valence electrons. The number of amides is 1. The first-order valence-electron chi connectivity index (χ1n) is 9.29. The van der Waals surface area contributed by atoms with Crippen LogP contribution in [0, 0.1) is 0 Å². The third-order valence-electron chi connectivity index (χ3n) is 5.38. The van der Waals surface area contributed by atoms with Gasteiger partial charge in [-0.05, 0) is 0 Å². The second kappa shape index (κ2) is 6.74. The van der Waals surface area contributed by atoms with Crippen molar-refractivity contribution >= 4 is 22.2 Å². The normalized spacial score (nSPS) is 19.2. The number of imidazole rings is 1. The summed E-state index contributed by atoms with van der Waals surface area (Å²) in [5.74, 6) is -0.293. The van der Waals surface area contributed by atoms with E-state index >= 15 is 0 Å². The Morgan fingerprint density at radius 1 is 1.15 bits per heavy atom. The van der Waals surface area contributed by atoms with Crippen molar-refractivity contribution in [3.8, 4) is 11.3 Å². The summed E-state index contributed by atoms with van der Waals surface area (Å²) in [5.41, 5.74) is 3.01. The Morgan fingerprint density at radius 3 is 2.63 bits per heavy atom. The number of benzene rings is 1. The zero-order chi connectivity index (χ0) is 18.3. The Labute approximate surface area is 161 Å². The average molecular weight is 383 g/mol. The van der Waals surface area contributed by atoms with Crippen LogP contribution in [-0.4, -0.2) is 52.3 Å². The molecule has 0 N–H and O–H groups in total. The van der Waals surface area contributed by atoms with Gasteiger partial charge < -0.3 is 14.4 Å². The number of carbonyl (C=O) groups is 1. The molecule has 6 nitrogen and oxygen atoms in total. The zero-order valence-electron chi connectivity index (χ0n) is 15.0. The summed E-state index contributed by atoms with van der Waals surface area (Å²) in [5, 5.41) is 2.03. The fourth-order valence-electron chi connectivity index (χ4n) is 3.85. The summed E-state index contributed by atoms with van der Waals surface area (Å²) in [6.07, 6.45) is 3.91. The molecule has 0 aliphatic carbocycles. The molecular weight excluding hydrogens is 362 g/mol. The molecule has 0 atom stereocenters. The lowest BCUT2D eigenvalue weighted by molar-refractivity contribution is -0.187. The van der Waals surface area contributed by atoms with Crippen LogP contribution in [0.25, 0.3) is 16.2 Å². The summed E-state index contributed by atoms with van der Waals surface area (Å²) in [4.78, 5) is 20.3. The second-order valence-corrected chi connectivity index (χ2v) is 7.87. The third kappa shape index (κ3) is 3.16. The van der Waals surface area contributed by atoms with Gasteiger partial charge in [-0.15, -0.1) is 11.3 Å². The van der Waals surface area contributed by atoms with Crippen LogP contribution in [0.4, 0.5) is 0 Å². The van der Waals surface area contributed by atoms with Gasteiger partial charge in [-0.25, -0.2) is 4.98 Å². The van der Waals surface area contributed by atoms with Gasteiger partial charge in [-0.3, -0.25) is 9.20 Å². The minimum atomic E-state index is -0.443. The van der Waals surface area contributed by atoms with Crippen molar-refractivity contribution in [2.75, 3.05) is 26.3 Å². The lowest BCUT2D eigenvalue weighted by Gasteiger charge is -2.37. The highest BCUT2D eigenvalue weighted by Gasteiger charge is 2.40. The van der Waals surface area contributed by atoms with Crippen LogP contribution in [-0.2, 0) is 20.7 Å². The molecule has 1 amide bonds. The molecular formula is C20H21N3O3S. The van der Waals surface area contributed by atoms with E-state index in [1.54, 1.807) is 11.3 Å². The maximum atomic E-state index is 12.8. The quantitative estimate of drug-likeness (QED) is 0.698. The number of nitrogens with zero attached hydrogens (tertiary/aromatic N) is 3. The van der Waals surface area contributed by atoms with Crippen LogP contribution in [0.3, 0.4) is 0 Å². The van der Waals surface area contributed by atoms with Crippen molar-refractivity contribution in [1.82, 2.24) is 14.3 Å². The number of carbonyl (C=O) groups excluding carboxylic acids is 1. The molecule has 2 aromatic heterocycles. The predicted octanol–water partition coefficient (Wildman–Crippen LogP) is 2.97. The molecule has 1 aromatic carbocycles. The molecule has 0 unspecified atom stereocenters. The number of fused-ring (bicyclic) bond motifs is 1. The highest BCUT2D eigenvalue weighted by Crippen LogP contribution is 2.31. The first-order valence-corrected chi connectivity index (χ1v) is 10.2. The van der Waals surface area contributed by atoms with Crippen LogP contribution >= 0.6 is 11.3 Å². The van der Waals surface area contributed by atoms with Crippen molar-refractivity contribution in [2.24, 2.45) is 0 Å². The summed E-state index contributed by atoms with van der Waals surface area (Å²) in [7, 11) is 0. The molecule has 5 rings (SSSR count). The van der Waals surface area contributed by atoms with Crippen molar-refractivity contribution in [2.45, 2.75) is 25.0 Å². The SMILES string of the molecule is O=C(Cc1csc2nc(-c3ccccc3)cn12)N1CCC2(CC1)OCCO2. The van der Waals surface area contributed by atoms with Gasteiger partial charge in [-0.1, -0.05) is 30.3 Å². The van der Waals surface area contributed by atoms with Gasteiger partial charge in [0.15, 0.2) is 10.7 Å². The minimum absolute atomic E-state index is 0.150. The number of thiazole rings is 1. The summed E-state index contributed by atoms with van der Waals surface area (Å²) in [6, 6.07) is 10.1. The Balaban J connectivity index is 1.30. The monoisotopic (exact) mass is 383 g/mol. The molecule has 0 saturated carbocycles. The number of hydrogen-bond acceptors (Lipinski definition) is 5. The molecule has 7 heteroatoms. The van der Waals surface area contributed by atoms with Crippen LogP contribution in [0.5, 0.6) is 0 Å². The number of hydrogen-bond donors (Lipinski definition) is 0. The van der Waals surface area contributed by atoms with Crippen molar-refractivity contribution in [3.05, 3.63) is 47.6 Å². The number of ether oxygens (including phenoxy) is 2. The fourth-order valence-corrected chi connectivity index (χ4v) is 4.73. The Hall–Kier alpha value is -2.22. The third-order valence-corrected chi connectivity index (χ3v) is 6.27. The molecule has 0 bridgehead atoms. The fraction of sp³-hybridized carbons (Fsp3) is 0.400. The van der Waals surface area contributed by atoms with Crippen LogP contribution in [0.1, 0.15) is 18.5 Å².